The van der Waals surface area contributed by atoms with E-state index in [1.165, 1.54) is 0 Å². The van der Waals surface area contributed by atoms with Crippen LogP contribution < -0.4 is 0 Å². The molecule has 17 heavy (non-hydrogen) atoms. The molecule has 0 aliphatic carbocycles. The van der Waals surface area contributed by atoms with Crippen molar-refractivity contribution in [2.24, 2.45) is 0 Å². The van der Waals surface area contributed by atoms with E-state index < -0.39 is 0 Å². The zero-order valence-electron chi connectivity index (χ0n) is 9.68. The quantitative estimate of drug-likeness (QED) is 0.825. The number of phenolic OH excluding ortho intramolecular Hbond substituents is 1. The van der Waals surface area contributed by atoms with E-state index in [4.69, 9.17) is 4.42 Å². The first kappa shape index (κ1) is 11.4. The summed E-state index contributed by atoms with van der Waals surface area (Å²) < 4.78 is 5.37. The molecule has 4 nitrogen and oxygen atoms in total. The molecule has 88 valence electrons. The molecule has 1 N–H and O–H groups in total. The number of hydrogen-bond donors (Lipinski definition) is 1. The Hall–Kier alpha value is -2.10. The highest BCUT2D eigenvalue weighted by atomic mass is 16.4. The first-order valence-electron chi connectivity index (χ1n) is 5.37. The fourth-order valence-electron chi connectivity index (χ4n) is 1.62. The summed E-state index contributed by atoms with van der Waals surface area (Å²) in [6.45, 7) is 3.94. The fraction of sp³-hybridized carbons (Fsp3) is 0.231. The van der Waals surface area contributed by atoms with E-state index in [2.05, 4.69) is 4.98 Å². The number of aromatic hydroxyl groups is 1. The minimum Gasteiger partial charge on any atom is -0.508 e. The van der Waals surface area contributed by atoms with Crippen molar-refractivity contribution in [1.29, 1.82) is 0 Å². The maximum Gasteiger partial charge on any atom is 0.260 e. The predicted molar refractivity (Wildman–Crippen MR) is 63.1 cm³/mol. The largest absolute Gasteiger partial charge is 0.508 e. The van der Waals surface area contributed by atoms with E-state index in [9.17, 15) is 9.90 Å². The summed E-state index contributed by atoms with van der Waals surface area (Å²) in [5.74, 6) is 1.09. The van der Waals surface area contributed by atoms with Crippen LogP contribution in [0.3, 0.4) is 0 Å². The van der Waals surface area contributed by atoms with Crippen LogP contribution >= 0.6 is 0 Å². The average molecular weight is 231 g/mol. The van der Waals surface area contributed by atoms with Gasteiger partial charge in [0, 0.05) is 11.5 Å². The number of aromatic nitrogens is 1. The summed E-state index contributed by atoms with van der Waals surface area (Å²) in [5.41, 5.74) is 1.48. The second-order valence-corrected chi connectivity index (χ2v) is 4.08. The Kier molecular flexibility index (Phi) is 2.95. The molecule has 0 saturated carbocycles. The lowest BCUT2D eigenvalue weighted by atomic mass is 10.0. The summed E-state index contributed by atoms with van der Waals surface area (Å²) in [4.78, 5) is 14.8. The van der Waals surface area contributed by atoms with Gasteiger partial charge in [-0.2, -0.15) is 0 Å². The molecule has 0 bridgehead atoms. The van der Waals surface area contributed by atoms with Gasteiger partial charge in [-0.1, -0.05) is 13.8 Å². The van der Waals surface area contributed by atoms with Gasteiger partial charge in [0.2, 0.25) is 6.29 Å². The summed E-state index contributed by atoms with van der Waals surface area (Å²) >= 11 is 0. The normalized spacial score (nSPS) is 10.8. The van der Waals surface area contributed by atoms with Crippen LogP contribution in [0.4, 0.5) is 0 Å². The third kappa shape index (κ3) is 2.20. The topological polar surface area (TPSA) is 63.3 Å². The van der Waals surface area contributed by atoms with Crippen LogP contribution in [0.1, 0.15) is 36.2 Å². The fourth-order valence-corrected chi connectivity index (χ4v) is 1.62. The van der Waals surface area contributed by atoms with Crippen molar-refractivity contribution in [1.82, 2.24) is 4.98 Å². The Morgan fingerprint density at radius 3 is 2.47 bits per heavy atom. The van der Waals surface area contributed by atoms with Crippen molar-refractivity contribution < 1.29 is 14.3 Å². The van der Waals surface area contributed by atoms with Gasteiger partial charge < -0.3 is 9.52 Å². The molecule has 0 unspecified atom stereocenters. The summed E-state index contributed by atoms with van der Waals surface area (Å²) in [6, 6.07) is 6.64. The number of hydrogen-bond acceptors (Lipinski definition) is 4. The number of rotatable bonds is 3. The predicted octanol–water partition coefficient (Wildman–Crippen LogP) is 2.98. The Balaban J connectivity index is 2.53. The van der Waals surface area contributed by atoms with E-state index in [1.807, 2.05) is 13.8 Å². The first-order chi connectivity index (χ1) is 8.11. The van der Waals surface area contributed by atoms with Crippen LogP contribution in [0.5, 0.6) is 5.75 Å². The third-order valence-electron chi connectivity index (χ3n) is 2.44. The highest BCUT2D eigenvalue weighted by molar-refractivity contribution is 5.72. The smallest absolute Gasteiger partial charge is 0.260 e. The molecule has 4 heteroatoms. The van der Waals surface area contributed by atoms with Crippen molar-refractivity contribution in [3.63, 3.8) is 0 Å². The standard InChI is InChI=1S/C13H13NO3/c1-8(2)13-12(14-11(7-15)17-13)9-3-5-10(16)6-4-9/h3-8,16H,1-2H3. The number of aldehydes is 1. The van der Waals surface area contributed by atoms with Gasteiger partial charge in [-0.25, -0.2) is 4.98 Å². The Labute approximate surface area is 98.9 Å². The molecule has 0 aliphatic heterocycles. The second kappa shape index (κ2) is 4.41. The number of carbonyl (C=O) groups is 1. The molecule has 0 radical (unpaired) electrons. The Morgan fingerprint density at radius 2 is 1.94 bits per heavy atom. The molecule has 0 amide bonds. The monoisotopic (exact) mass is 231 g/mol. The SMILES string of the molecule is CC(C)c1oc(C=O)nc1-c1ccc(O)cc1. The molecular formula is C13H13NO3. The number of phenols is 1. The van der Waals surface area contributed by atoms with Gasteiger partial charge in [-0.15, -0.1) is 0 Å². The van der Waals surface area contributed by atoms with Crippen molar-refractivity contribution in [3.05, 3.63) is 35.9 Å². The molecule has 1 aromatic carbocycles. The molecular weight excluding hydrogens is 218 g/mol. The molecule has 0 atom stereocenters. The molecule has 0 spiro atoms. The van der Waals surface area contributed by atoms with Crippen molar-refractivity contribution >= 4 is 6.29 Å². The van der Waals surface area contributed by atoms with Crippen LogP contribution in [-0.4, -0.2) is 16.4 Å². The Morgan fingerprint density at radius 1 is 1.29 bits per heavy atom. The summed E-state index contributed by atoms with van der Waals surface area (Å²) in [5, 5.41) is 9.23. The van der Waals surface area contributed by atoms with Crippen LogP contribution in [-0.2, 0) is 0 Å². The van der Waals surface area contributed by atoms with E-state index >= 15 is 0 Å². The minimum absolute atomic E-state index is 0.0803. The van der Waals surface area contributed by atoms with Gasteiger partial charge in [0.25, 0.3) is 5.89 Å². The Bertz CT molecular complexity index is 526. The van der Waals surface area contributed by atoms with Gasteiger partial charge in [-0.3, -0.25) is 4.79 Å². The lowest BCUT2D eigenvalue weighted by Crippen LogP contribution is -1.88. The average Bonchev–Trinajstić information content (AvgIpc) is 2.74. The highest BCUT2D eigenvalue weighted by Gasteiger charge is 2.17. The van der Waals surface area contributed by atoms with Gasteiger partial charge in [0.1, 0.15) is 17.2 Å². The lowest BCUT2D eigenvalue weighted by molar-refractivity contribution is 0.109. The summed E-state index contributed by atoms with van der Waals surface area (Å²) in [7, 11) is 0. The van der Waals surface area contributed by atoms with Gasteiger partial charge in [-0.05, 0) is 24.3 Å². The van der Waals surface area contributed by atoms with Crippen molar-refractivity contribution in [2.45, 2.75) is 19.8 Å². The molecule has 2 aromatic rings. The molecule has 1 heterocycles. The molecule has 0 saturated heterocycles. The molecule has 2 rings (SSSR count). The molecule has 0 fully saturated rings. The summed E-state index contributed by atoms with van der Waals surface area (Å²) in [6.07, 6.45) is 0.593. The van der Waals surface area contributed by atoms with E-state index in [0.717, 1.165) is 5.56 Å². The van der Waals surface area contributed by atoms with Crippen molar-refractivity contribution in [2.75, 3.05) is 0 Å². The first-order valence-corrected chi connectivity index (χ1v) is 5.37. The number of oxazole rings is 1. The minimum atomic E-state index is 0.0803. The number of nitrogens with zero attached hydrogens (tertiary/aromatic N) is 1. The van der Waals surface area contributed by atoms with Crippen LogP contribution in [0.2, 0.25) is 0 Å². The zero-order chi connectivity index (χ0) is 12.4. The van der Waals surface area contributed by atoms with Crippen molar-refractivity contribution in [3.8, 4) is 17.0 Å². The maximum atomic E-state index is 10.7. The van der Waals surface area contributed by atoms with Gasteiger partial charge in [0.15, 0.2) is 0 Å². The van der Waals surface area contributed by atoms with E-state index in [1.54, 1.807) is 24.3 Å². The molecule has 1 aromatic heterocycles. The highest BCUT2D eigenvalue weighted by Crippen LogP contribution is 2.30. The second-order valence-electron chi connectivity index (χ2n) is 4.08. The van der Waals surface area contributed by atoms with Crippen LogP contribution in [0.25, 0.3) is 11.3 Å². The lowest BCUT2D eigenvalue weighted by Gasteiger charge is -2.03. The van der Waals surface area contributed by atoms with Crippen LogP contribution in [0.15, 0.2) is 28.7 Å². The third-order valence-corrected chi connectivity index (χ3v) is 2.44. The van der Waals surface area contributed by atoms with E-state index in [0.29, 0.717) is 17.7 Å². The van der Waals surface area contributed by atoms with Crippen LogP contribution in [0, 0.1) is 0 Å². The molecule has 0 aliphatic rings. The number of carbonyl (C=O) groups excluding carboxylic acids is 1. The maximum absolute atomic E-state index is 10.7. The van der Waals surface area contributed by atoms with Gasteiger partial charge in [0.05, 0.1) is 0 Å². The number of benzene rings is 1. The van der Waals surface area contributed by atoms with E-state index in [-0.39, 0.29) is 17.6 Å². The zero-order valence-corrected chi connectivity index (χ0v) is 9.68. The van der Waals surface area contributed by atoms with Gasteiger partial charge >= 0.3 is 0 Å².